The number of ether oxygens (including phenoxy) is 2. The molecule has 0 aromatic heterocycles. The third-order valence-corrected chi connectivity index (χ3v) is 4.62. The van der Waals surface area contributed by atoms with Crippen LogP contribution in [0, 0.1) is 0 Å². The summed E-state index contributed by atoms with van der Waals surface area (Å²) in [5, 5.41) is 8.96. The molecule has 0 radical (unpaired) electrons. The average Bonchev–Trinajstić information content (AvgIpc) is 2.70. The number of alkyl halides is 2. The van der Waals surface area contributed by atoms with Gasteiger partial charge < -0.3 is 25.4 Å². The van der Waals surface area contributed by atoms with E-state index in [9.17, 15) is 13.6 Å². The maximum Gasteiger partial charge on any atom is 0.387 e. The number of aliphatic imine (C=N–C) groups is 1. The highest BCUT2D eigenvalue weighted by atomic mass is 127. The number of guanidine groups is 1. The lowest BCUT2D eigenvalue weighted by Crippen LogP contribution is -2.45. The van der Waals surface area contributed by atoms with Gasteiger partial charge in [0, 0.05) is 25.2 Å². The molecule has 0 saturated heterocycles. The summed E-state index contributed by atoms with van der Waals surface area (Å²) < 4.78 is 35.7. The summed E-state index contributed by atoms with van der Waals surface area (Å²) in [4.78, 5) is 16.2. The maximum absolute atomic E-state index is 12.8. The van der Waals surface area contributed by atoms with Crippen LogP contribution in [0.4, 0.5) is 8.78 Å². The van der Waals surface area contributed by atoms with E-state index in [0.717, 1.165) is 25.7 Å². The van der Waals surface area contributed by atoms with E-state index >= 15 is 0 Å². The van der Waals surface area contributed by atoms with Gasteiger partial charge in [-0.1, -0.05) is 31.4 Å². The molecular weight excluding hydrogens is 509 g/mol. The predicted molar refractivity (Wildman–Crippen MR) is 123 cm³/mol. The molecule has 0 aliphatic heterocycles. The quantitative estimate of drug-likeness (QED) is 0.254. The number of halogens is 3. The van der Waals surface area contributed by atoms with Crippen molar-refractivity contribution in [2.24, 2.45) is 4.99 Å². The normalized spacial score (nSPS) is 14.6. The molecule has 0 bridgehead atoms. The van der Waals surface area contributed by atoms with Crippen LogP contribution in [0.3, 0.4) is 0 Å². The Morgan fingerprint density at radius 1 is 1.23 bits per heavy atom. The molecule has 30 heavy (non-hydrogen) atoms. The van der Waals surface area contributed by atoms with Gasteiger partial charge in [-0.25, -0.2) is 0 Å². The fraction of sp³-hybridized carbons (Fsp3) is 0.600. The minimum Gasteiger partial charge on any atom is -0.490 e. The van der Waals surface area contributed by atoms with Gasteiger partial charge in [-0.15, -0.1) is 24.0 Å². The van der Waals surface area contributed by atoms with Crippen LogP contribution in [0.25, 0.3) is 0 Å². The first-order valence-electron chi connectivity index (χ1n) is 9.96. The van der Waals surface area contributed by atoms with Gasteiger partial charge in [0.2, 0.25) is 5.91 Å². The molecule has 0 atom stereocenters. The SMILES string of the molecule is CCOc1cccc(CNC(=NC)NCC(=O)NC2CCCCC2)c1OC(F)F.I. The number of carbonyl (C=O) groups excluding carboxylic acids is 1. The highest BCUT2D eigenvalue weighted by Crippen LogP contribution is 2.32. The van der Waals surface area contributed by atoms with Crippen molar-refractivity contribution in [3.05, 3.63) is 23.8 Å². The summed E-state index contributed by atoms with van der Waals surface area (Å²) in [6, 6.07) is 5.18. The number of nitrogens with one attached hydrogen (secondary N) is 3. The van der Waals surface area contributed by atoms with Crippen LogP contribution in [0.2, 0.25) is 0 Å². The summed E-state index contributed by atoms with van der Waals surface area (Å²) >= 11 is 0. The van der Waals surface area contributed by atoms with Crippen LogP contribution in [0.5, 0.6) is 11.5 Å². The van der Waals surface area contributed by atoms with Crippen LogP contribution >= 0.6 is 24.0 Å². The summed E-state index contributed by atoms with van der Waals surface area (Å²) in [5.41, 5.74) is 0.492. The number of hydrogen-bond acceptors (Lipinski definition) is 4. The number of nitrogens with zero attached hydrogens (tertiary/aromatic N) is 1. The Bertz CT molecular complexity index is 686. The highest BCUT2D eigenvalue weighted by molar-refractivity contribution is 14.0. The minimum atomic E-state index is -2.96. The van der Waals surface area contributed by atoms with Gasteiger partial charge in [0.15, 0.2) is 17.5 Å². The summed E-state index contributed by atoms with van der Waals surface area (Å²) in [6.07, 6.45) is 5.55. The second-order valence-corrected chi connectivity index (χ2v) is 6.74. The van der Waals surface area contributed by atoms with Crippen molar-refractivity contribution in [3.8, 4) is 11.5 Å². The van der Waals surface area contributed by atoms with E-state index in [-0.39, 0.29) is 60.5 Å². The number of rotatable bonds is 9. The van der Waals surface area contributed by atoms with Gasteiger partial charge in [0.05, 0.1) is 13.2 Å². The van der Waals surface area contributed by atoms with Gasteiger partial charge >= 0.3 is 6.61 Å². The molecule has 1 aliphatic carbocycles. The lowest BCUT2D eigenvalue weighted by Gasteiger charge is -2.23. The van der Waals surface area contributed by atoms with Crippen LogP contribution < -0.4 is 25.4 Å². The molecule has 170 valence electrons. The van der Waals surface area contributed by atoms with Gasteiger partial charge in [0.1, 0.15) is 0 Å². The van der Waals surface area contributed by atoms with Crippen molar-refractivity contribution >= 4 is 35.8 Å². The second-order valence-electron chi connectivity index (χ2n) is 6.74. The van der Waals surface area contributed by atoms with E-state index in [2.05, 4.69) is 25.7 Å². The Morgan fingerprint density at radius 2 is 1.97 bits per heavy atom. The van der Waals surface area contributed by atoms with Crippen LogP contribution in [0.15, 0.2) is 23.2 Å². The van der Waals surface area contributed by atoms with Crippen molar-refractivity contribution in [2.45, 2.75) is 58.2 Å². The molecule has 1 aromatic carbocycles. The predicted octanol–water partition coefficient (Wildman–Crippen LogP) is 3.42. The van der Waals surface area contributed by atoms with Gasteiger partial charge in [-0.3, -0.25) is 9.79 Å². The Morgan fingerprint density at radius 3 is 2.60 bits per heavy atom. The molecule has 1 saturated carbocycles. The van der Waals surface area contributed by atoms with Gasteiger partial charge in [-0.2, -0.15) is 8.78 Å². The van der Waals surface area contributed by atoms with Crippen molar-refractivity contribution in [1.82, 2.24) is 16.0 Å². The fourth-order valence-electron chi connectivity index (χ4n) is 3.28. The molecule has 0 heterocycles. The fourth-order valence-corrected chi connectivity index (χ4v) is 3.28. The Labute approximate surface area is 193 Å². The van der Waals surface area contributed by atoms with Crippen LogP contribution in [0.1, 0.15) is 44.6 Å². The van der Waals surface area contributed by atoms with E-state index < -0.39 is 6.61 Å². The maximum atomic E-state index is 12.8. The van der Waals surface area contributed by atoms with Crippen molar-refractivity contribution in [1.29, 1.82) is 0 Å². The summed E-state index contributed by atoms with van der Waals surface area (Å²) in [6.45, 7) is -0.615. The summed E-state index contributed by atoms with van der Waals surface area (Å²) in [5.74, 6) is 0.526. The first kappa shape index (κ1) is 26.2. The smallest absolute Gasteiger partial charge is 0.387 e. The zero-order chi connectivity index (χ0) is 21.1. The van der Waals surface area contributed by atoms with E-state index in [1.54, 1.807) is 32.2 Å². The largest absolute Gasteiger partial charge is 0.490 e. The van der Waals surface area contributed by atoms with Gasteiger partial charge in [-0.05, 0) is 25.8 Å². The van der Waals surface area contributed by atoms with Crippen molar-refractivity contribution < 1.29 is 23.0 Å². The lowest BCUT2D eigenvalue weighted by atomic mass is 9.95. The van der Waals surface area contributed by atoms with Crippen molar-refractivity contribution in [2.75, 3.05) is 20.2 Å². The van der Waals surface area contributed by atoms with E-state index in [0.29, 0.717) is 18.1 Å². The van der Waals surface area contributed by atoms with Crippen LogP contribution in [-0.2, 0) is 11.3 Å². The number of benzene rings is 1. The van der Waals surface area contributed by atoms with Crippen molar-refractivity contribution in [3.63, 3.8) is 0 Å². The lowest BCUT2D eigenvalue weighted by molar-refractivity contribution is -0.120. The molecule has 0 spiro atoms. The second kappa shape index (κ2) is 14.2. The highest BCUT2D eigenvalue weighted by Gasteiger charge is 2.17. The number of amides is 1. The Balaban J connectivity index is 0.00000450. The van der Waals surface area contributed by atoms with E-state index in [1.807, 2.05) is 0 Å². The monoisotopic (exact) mass is 540 g/mol. The Hall–Kier alpha value is -1.85. The molecule has 7 nitrogen and oxygen atoms in total. The number of carbonyl (C=O) groups is 1. The first-order chi connectivity index (χ1) is 14.0. The molecule has 1 fully saturated rings. The standard InChI is InChI=1S/C20H30F2N4O3.HI/c1-3-28-16-11-7-8-14(18(16)29-19(21)22)12-24-20(23-2)25-13-17(27)26-15-9-5-4-6-10-15;/h7-8,11,15,19H,3-6,9-10,12-13H2,1-2H3,(H,26,27)(H2,23,24,25);1H. The summed E-state index contributed by atoms with van der Waals surface area (Å²) in [7, 11) is 1.57. The van der Waals surface area contributed by atoms with Gasteiger partial charge in [0.25, 0.3) is 0 Å². The minimum absolute atomic E-state index is 0. The molecular formula is C20H31F2IN4O3. The molecule has 1 amide bonds. The first-order valence-corrected chi connectivity index (χ1v) is 9.96. The molecule has 0 unspecified atom stereocenters. The third-order valence-electron chi connectivity index (χ3n) is 4.62. The zero-order valence-corrected chi connectivity index (χ0v) is 19.7. The van der Waals surface area contributed by atoms with E-state index in [1.165, 1.54) is 6.42 Å². The average molecular weight is 540 g/mol. The van der Waals surface area contributed by atoms with Crippen LogP contribution in [-0.4, -0.2) is 44.7 Å². The third kappa shape index (κ3) is 8.88. The molecule has 10 heteroatoms. The number of para-hydroxylation sites is 1. The topological polar surface area (TPSA) is 84.0 Å². The Kier molecular flexibility index (Phi) is 12.4. The number of hydrogen-bond donors (Lipinski definition) is 3. The molecule has 3 N–H and O–H groups in total. The molecule has 1 aromatic rings. The van der Waals surface area contributed by atoms with E-state index in [4.69, 9.17) is 4.74 Å². The zero-order valence-electron chi connectivity index (χ0n) is 17.4. The molecule has 2 rings (SSSR count). The molecule has 1 aliphatic rings.